The minimum atomic E-state index is -0.260. The summed E-state index contributed by atoms with van der Waals surface area (Å²) < 4.78 is 14.5. The maximum Gasteiger partial charge on any atom is 0.173 e. The van der Waals surface area contributed by atoms with Gasteiger partial charge < -0.3 is 10.6 Å². The average molecular weight is 327 g/mol. The summed E-state index contributed by atoms with van der Waals surface area (Å²) in [5.74, 6) is 0.238. The zero-order chi connectivity index (χ0) is 15.4. The summed E-state index contributed by atoms with van der Waals surface area (Å²) in [6, 6.07) is 6.49. The first-order valence-electron chi connectivity index (χ1n) is 6.49. The van der Waals surface area contributed by atoms with Gasteiger partial charge in [-0.3, -0.25) is 4.68 Å². The van der Waals surface area contributed by atoms with Crippen molar-refractivity contribution >= 4 is 34.7 Å². The number of anilines is 1. The molecule has 2 rings (SSSR count). The lowest BCUT2D eigenvalue weighted by atomic mass is 10.2. The van der Waals surface area contributed by atoms with Gasteiger partial charge in [-0.15, -0.1) is 0 Å². The molecule has 112 valence electrons. The summed E-state index contributed by atoms with van der Waals surface area (Å²) >= 11 is 11.3. The van der Waals surface area contributed by atoms with Crippen molar-refractivity contribution in [1.82, 2.24) is 15.1 Å². The minimum Gasteiger partial charge on any atom is -0.360 e. The Morgan fingerprint density at radius 3 is 2.67 bits per heavy atom. The van der Waals surface area contributed by atoms with Crippen LogP contribution in [0.4, 0.5) is 10.2 Å². The zero-order valence-corrected chi connectivity index (χ0v) is 13.3. The van der Waals surface area contributed by atoms with Crippen molar-refractivity contribution in [2.24, 2.45) is 0 Å². The maximum atomic E-state index is 12.9. The predicted octanol–water partition coefficient (Wildman–Crippen LogP) is 3.42. The van der Waals surface area contributed by atoms with Crippen molar-refractivity contribution < 1.29 is 4.39 Å². The van der Waals surface area contributed by atoms with Crippen molar-refractivity contribution in [2.75, 3.05) is 5.32 Å². The minimum absolute atomic E-state index is 0.227. The molecule has 4 nitrogen and oxygen atoms in total. The second-order valence-electron chi connectivity index (χ2n) is 4.90. The van der Waals surface area contributed by atoms with Crippen LogP contribution in [0.5, 0.6) is 0 Å². The Balaban J connectivity index is 2.04. The molecule has 1 aromatic heterocycles. The molecule has 0 aliphatic heterocycles. The summed E-state index contributed by atoms with van der Waals surface area (Å²) in [6.07, 6.45) is 1.70. The molecule has 0 saturated carbocycles. The quantitative estimate of drug-likeness (QED) is 0.845. The lowest BCUT2D eigenvalue weighted by Gasteiger charge is -2.11. The number of hydrogen-bond donors (Lipinski definition) is 2. The Morgan fingerprint density at radius 2 is 2.05 bits per heavy atom. The van der Waals surface area contributed by atoms with Crippen LogP contribution in [-0.2, 0) is 6.54 Å². The number of nitrogens with zero attached hydrogens (tertiary/aromatic N) is 2. The highest BCUT2D eigenvalue weighted by Crippen LogP contribution is 2.20. The van der Waals surface area contributed by atoms with E-state index in [1.807, 2.05) is 13.8 Å². The molecule has 1 aromatic carbocycles. The van der Waals surface area contributed by atoms with Gasteiger partial charge in [-0.2, -0.15) is 5.10 Å². The summed E-state index contributed by atoms with van der Waals surface area (Å²) in [5, 5.41) is 11.3. The molecule has 0 atom stereocenters. The third-order valence-corrected chi connectivity index (χ3v) is 3.12. The van der Waals surface area contributed by atoms with Crippen LogP contribution in [0, 0.1) is 5.82 Å². The molecule has 1 heterocycles. The van der Waals surface area contributed by atoms with Crippen LogP contribution in [0.15, 0.2) is 30.5 Å². The van der Waals surface area contributed by atoms with Gasteiger partial charge in [0.05, 0.1) is 6.54 Å². The van der Waals surface area contributed by atoms with Crippen LogP contribution in [0.25, 0.3) is 0 Å². The van der Waals surface area contributed by atoms with Crippen LogP contribution >= 0.6 is 23.8 Å². The highest BCUT2D eigenvalue weighted by Gasteiger charge is 2.09. The lowest BCUT2D eigenvalue weighted by molar-refractivity contribution is 0.624. The monoisotopic (exact) mass is 326 g/mol. The van der Waals surface area contributed by atoms with E-state index in [0.717, 1.165) is 5.56 Å². The Labute approximate surface area is 133 Å². The molecule has 0 radical (unpaired) electrons. The Morgan fingerprint density at radius 1 is 1.38 bits per heavy atom. The van der Waals surface area contributed by atoms with E-state index in [1.54, 1.807) is 23.0 Å². The molecule has 0 fully saturated rings. The van der Waals surface area contributed by atoms with Gasteiger partial charge >= 0.3 is 0 Å². The molecule has 0 bridgehead atoms. The summed E-state index contributed by atoms with van der Waals surface area (Å²) in [5.41, 5.74) is 0.935. The highest BCUT2D eigenvalue weighted by molar-refractivity contribution is 7.80. The molecular weight excluding hydrogens is 311 g/mol. The number of thiocarbonyl (C=S) groups is 1. The van der Waals surface area contributed by atoms with Gasteiger partial charge in [-0.25, -0.2) is 4.39 Å². The number of rotatable bonds is 4. The molecular formula is C14H16ClFN4S. The Bertz CT molecular complexity index is 624. The van der Waals surface area contributed by atoms with E-state index in [9.17, 15) is 4.39 Å². The van der Waals surface area contributed by atoms with Crippen molar-refractivity contribution in [1.29, 1.82) is 0 Å². The first-order valence-corrected chi connectivity index (χ1v) is 7.27. The molecule has 2 N–H and O–H groups in total. The zero-order valence-electron chi connectivity index (χ0n) is 11.7. The molecule has 0 aliphatic rings. The van der Waals surface area contributed by atoms with Crippen molar-refractivity contribution in [3.05, 3.63) is 46.9 Å². The van der Waals surface area contributed by atoms with Crippen LogP contribution in [0.3, 0.4) is 0 Å². The topological polar surface area (TPSA) is 41.9 Å². The van der Waals surface area contributed by atoms with Gasteiger partial charge in [0.2, 0.25) is 0 Å². The first kappa shape index (κ1) is 15.7. The highest BCUT2D eigenvalue weighted by atomic mass is 35.5. The van der Waals surface area contributed by atoms with E-state index in [4.69, 9.17) is 23.8 Å². The first-order chi connectivity index (χ1) is 9.94. The second kappa shape index (κ2) is 6.87. The van der Waals surface area contributed by atoms with E-state index < -0.39 is 0 Å². The van der Waals surface area contributed by atoms with Gasteiger partial charge in [0.1, 0.15) is 10.8 Å². The molecule has 0 saturated heterocycles. The van der Waals surface area contributed by atoms with Crippen LogP contribution in [-0.4, -0.2) is 20.9 Å². The normalized spacial score (nSPS) is 10.7. The van der Waals surface area contributed by atoms with E-state index in [0.29, 0.717) is 22.5 Å². The maximum absolute atomic E-state index is 12.9. The number of benzene rings is 1. The van der Waals surface area contributed by atoms with E-state index >= 15 is 0 Å². The molecule has 0 unspecified atom stereocenters. The van der Waals surface area contributed by atoms with Crippen LogP contribution in [0.2, 0.25) is 5.02 Å². The number of nitrogens with one attached hydrogen (secondary N) is 2. The second-order valence-corrected chi connectivity index (χ2v) is 5.72. The van der Waals surface area contributed by atoms with Crippen molar-refractivity contribution in [3.63, 3.8) is 0 Å². The lowest BCUT2D eigenvalue weighted by Crippen LogP contribution is -2.34. The number of halogens is 2. The predicted molar refractivity (Wildman–Crippen MR) is 87.2 cm³/mol. The van der Waals surface area contributed by atoms with Gasteiger partial charge in [0.25, 0.3) is 0 Å². The number of hydrogen-bond acceptors (Lipinski definition) is 2. The fourth-order valence-electron chi connectivity index (χ4n) is 1.75. The van der Waals surface area contributed by atoms with Gasteiger partial charge in [-0.1, -0.05) is 23.7 Å². The summed E-state index contributed by atoms with van der Waals surface area (Å²) in [6.45, 7) is 4.48. The Kier molecular flexibility index (Phi) is 5.14. The summed E-state index contributed by atoms with van der Waals surface area (Å²) in [4.78, 5) is 0. The third kappa shape index (κ3) is 4.68. The molecule has 0 aliphatic carbocycles. The molecule has 0 amide bonds. The SMILES string of the molecule is CC(C)NC(=S)Nc1nn(Cc2ccc(F)cc2)cc1Cl. The van der Waals surface area contributed by atoms with Crippen LogP contribution in [0.1, 0.15) is 19.4 Å². The molecule has 2 aromatic rings. The van der Waals surface area contributed by atoms with E-state index in [1.165, 1.54) is 12.1 Å². The van der Waals surface area contributed by atoms with Crippen LogP contribution < -0.4 is 10.6 Å². The fraction of sp³-hybridized carbons (Fsp3) is 0.286. The van der Waals surface area contributed by atoms with Gasteiger partial charge in [-0.05, 0) is 43.8 Å². The van der Waals surface area contributed by atoms with E-state index in [2.05, 4.69) is 15.7 Å². The third-order valence-electron chi connectivity index (χ3n) is 2.63. The molecule has 7 heteroatoms. The molecule has 0 spiro atoms. The van der Waals surface area contributed by atoms with Crippen molar-refractivity contribution in [3.8, 4) is 0 Å². The largest absolute Gasteiger partial charge is 0.360 e. The fourth-order valence-corrected chi connectivity index (χ4v) is 2.28. The van der Waals surface area contributed by atoms with Crippen molar-refractivity contribution in [2.45, 2.75) is 26.4 Å². The number of aromatic nitrogens is 2. The smallest absolute Gasteiger partial charge is 0.173 e. The van der Waals surface area contributed by atoms with Gasteiger partial charge in [0.15, 0.2) is 10.9 Å². The van der Waals surface area contributed by atoms with E-state index in [-0.39, 0.29) is 11.9 Å². The molecule has 21 heavy (non-hydrogen) atoms. The summed E-state index contributed by atoms with van der Waals surface area (Å²) in [7, 11) is 0. The standard InChI is InChI=1S/C14H16ClFN4S/c1-9(2)17-14(21)18-13-12(15)8-20(19-13)7-10-3-5-11(16)6-4-10/h3-6,8-9H,7H2,1-2H3,(H2,17,18,19,21). The Hall–Kier alpha value is -1.66. The average Bonchev–Trinajstić information content (AvgIpc) is 2.71. The van der Waals surface area contributed by atoms with Gasteiger partial charge in [0, 0.05) is 12.2 Å².